The van der Waals surface area contributed by atoms with Crippen LogP contribution in [0.1, 0.15) is 5.56 Å². The Morgan fingerprint density at radius 3 is 2.76 bits per heavy atom. The molecule has 0 aliphatic carbocycles. The third kappa shape index (κ3) is 3.40. The number of H-pyrrole nitrogens is 1. The van der Waals surface area contributed by atoms with E-state index in [1.165, 1.54) is 30.3 Å². The predicted molar refractivity (Wildman–Crippen MR) is 87.8 cm³/mol. The number of fused-ring (bicyclic) bond motifs is 1. The number of rotatable bonds is 5. The van der Waals surface area contributed by atoms with Gasteiger partial charge in [-0.05, 0) is 18.2 Å². The molecule has 0 spiro atoms. The van der Waals surface area contributed by atoms with Gasteiger partial charge >= 0.3 is 5.76 Å². The summed E-state index contributed by atoms with van der Waals surface area (Å²) in [6.07, 6.45) is 1.03. The summed E-state index contributed by atoms with van der Waals surface area (Å²) >= 11 is 0. The third-order valence-electron chi connectivity index (χ3n) is 3.21. The standard InChI is InChI=1S/C14H10N4O6S/c19-14-16-11-6-5-10(7-13(11)24-14)25(22,23)17-15-8-9-3-1-2-4-12(9)18(20)21/h1-8,17H,(H,16,19)/b15-8+. The van der Waals surface area contributed by atoms with E-state index in [-0.39, 0.29) is 21.7 Å². The smallest absolute Gasteiger partial charge is 0.408 e. The summed E-state index contributed by atoms with van der Waals surface area (Å²) in [6, 6.07) is 9.55. The van der Waals surface area contributed by atoms with Crippen LogP contribution in [-0.2, 0) is 10.0 Å². The average molecular weight is 362 g/mol. The van der Waals surface area contributed by atoms with Crippen LogP contribution in [-0.4, -0.2) is 24.5 Å². The molecule has 1 heterocycles. The summed E-state index contributed by atoms with van der Waals surface area (Å²) in [7, 11) is -4.04. The van der Waals surface area contributed by atoms with Gasteiger partial charge in [-0.2, -0.15) is 13.5 Å². The van der Waals surface area contributed by atoms with Crippen molar-refractivity contribution in [3.63, 3.8) is 0 Å². The van der Waals surface area contributed by atoms with Gasteiger partial charge < -0.3 is 4.42 Å². The highest BCUT2D eigenvalue weighted by Gasteiger charge is 2.15. The minimum Gasteiger partial charge on any atom is -0.408 e. The normalized spacial score (nSPS) is 11.8. The van der Waals surface area contributed by atoms with Crippen LogP contribution < -0.4 is 10.6 Å². The molecule has 128 valence electrons. The second-order valence-electron chi connectivity index (χ2n) is 4.84. The molecule has 0 bridgehead atoms. The van der Waals surface area contributed by atoms with Gasteiger partial charge in [-0.3, -0.25) is 15.1 Å². The monoisotopic (exact) mass is 362 g/mol. The van der Waals surface area contributed by atoms with Crippen LogP contribution in [0.5, 0.6) is 0 Å². The van der Waals surface area contributed by atoms with Gasteiger partial charge in [0.15, 0.2) is 5.58 Å². The largest absolute Gasteiger partial charge is 0.417 e. The van der Waals surface area contributed by atoms with E-state index in [1.54, 1.807) is 6.07 Å². The van der Waals surface area contributed by atoms with Gasteiger partial charge in [0, 0.05) is 12.1 Å². The molecule has 2 aromatic carbocycles. The molecule has 0 fully saturated rings. The first-order valence-corrected chi connectivity index (χ1v) is 8.26. The van der Waals surface area contributed by atoms with Gasteiger partial charge in [0.25, 0.3) is 15.7 Å². The maximum absolute atomic E-state index is 12.2. The number of nitro benzene ring substituents is 1. The first kappa shape index (κ1) is 16.4. The van der Waals surface area contributed by atoms with E-state index in [4.69, 9.17) is 4.42 Å². The van der Waals surface area contributed by atoms with Crippen molar-refractivity contribution >= 4 is 33.0 Å². The zero-order valence-corrected chi connectivity index (χ0v) is 13.2. The number of oxazole rings is 1. The number of nitro groups is 1. The molecular formula is C14H10N4O6S. The maximum Gasteiger partial charge on any atom is 0.417 e. The van der Waals surface area contributed by atoms with Crippen LogP contribution in [0.25, 0.3) is 11.1 Å². The topological polar surface area (TPSA) is 148 Å². The molecule has 1 aromatic heterocycles. The summed E-state index contributed by atoms with van der Waals surface area (Å²) in [5, 5.41) is 14.4. The number of benzene rings is 2. The number of hydrogen-bond acceptors (Lipinski definition) is 7. The number of nitrogens with zero attached hydrogens (tertiary/aromatic N) is 2. The van der Waals surface area contributed by atoms with Crippen LogP contribution in [0.2, 0.25) is 0 Å². The van der Waals surface area contributed by atoms with Gasteiger partial charge in [0.1, 0.15) is 0 Å². The highest BCUT2D eigenvalue weighted by atomic mass is 32.2. The molecule has 25 heavy (non-hydrogen) atoms. The fraction of sp³-hybridized carbons (Fsp3) is 0. The number of para-hydroxylation sites is 1. The Bertz CT molecular complexity index is 1150. The van der Waals surface area contributed by atoms with E-state index < -0.39 is 20.7 Å². The molecule has 0 radical (unpaired) electrons. The predicted octanol–water partition coefficient (Wildman–Crippen LogP) is 1.34. The SMILES string of the molecule is O=c1[nH]c2ccc(S(=O)(=O)N/N=C/c3ccccc3[N+](=O)[O-])cc2o1. The van der Waals surface area contributed by atoms with Gasteiger partial charge in [0.2, 0.25) is 0 Å². The van der Waals surface area contributed by atoms with Gasteiger partial charge in [-0.1, -0.05) is 12.1 Å². The first-order chi connectivity index (χ1) is 11.9. The summed E-state index contributed by atoms with van der Waals surface area (Å²) in [6.45, 7) is 0. The van der Waals surface area contributed by atoms with E-state index in [1.807, 2.05) is 4.83 Å². The van der Waals surface area contributed by atoms with E-state index >= 15 is 0 Å². The van der Waals surface area contributed by atoms with Crippen molar-refractivity contribution in [3.8, 4) is 0 Å². The third-order valence-corrected chi connectivity index (χ3v) is 4.43. The van der Waals surface area contributed by atoms with Crippen molar-refractivity contribution in [3.05, 3.63) is 68.7 Å². The Morgan fingerprint density at radius 2 is 2.00 bits per heavy atom. The number of aromatic amines is 1. The fourth-order valence-electron chi connectivity index (χ4n) is 2.07. The molecule has 0 aliphatic rings. The van der Waals surface area contributed by atoms with E-state index in [9.17, 15) is 23.3 Å². The maximum atomic E-state index is 12.2. The van der Waals surface area contributed by atoms with Gasteiger partial charge in [-0.15, -0.1) is 0 Å². The van der Waals surface area contributed by atoms with Crippen LogP contribution in [0.3, 0.4) is 0 Å². The second kappa shape index (κ2) is 6.20. The lowest BCUT2D eigenvalue weighted by atomic mass is 10.2. The second-order valence-corrected chi connectivity index (χ2v) is 6.50. The molecular weight excluding hydrogens is 352 g/mol. The molecule has 3 rings (SSSR count). The van der Waals surface area contributed by atoms with Crippen molar-refractivity contribution in [2.45, 2.75) is 4.90 Å². The van der Waals surface area contributed by atoms with Gasteiger partial charge in [0.05, 0.1) is 27.1 Å². The lowest BCUT2D eigenvalue weighted by Gasteiger charge is -2.03. The Balaban J connectivity index is 1.86. The fourth-order valence-corrected chi connectivity index (χ4v) is 2.88. The minimum atomic E-state index is -4.04. The van der Waals surface area contributed by atoms with E-state index in [2.05, 4.69) is 10.1 Å². The zero-order chi connectivity index (χ0) is 18.0. The number of nitrogens with one attached hydrogen (secondary N) is 2. The Morgan fingerprint density at radius 1 is 1.24 bits per heavy atom. The van der Waals surface area contributed by atoms with E-state index in [0.717, 1.165) is 12.3 Å². The average Bonchev–Trinajstić information content (AvgIpc) is 2.94. The molecule has 0 saturated heterocycles. The lowest BCUT2D eigenvalue weighted by molar-refractivity contribution is -0.385. The van der Waals surface area contributed by atoms with Crippen molar-refractivity contribution in [2.24, 2.45) is 5.10 Å². The molecule has 10 nitrogen and oxygen atoms in total. The molecule has 0 unspecified atom stereocenters. The highest BCUT2D eigenvalue weighted by Crippen LogP contribution is 2.17. The highest BCUT2D eigenvalue weighted by molar-refractivity contribution is 7.89. The summed E-state index contributed by atoms with van der Waals surface area (Å²) < 4.78 is 29.2. The van der Waals surface area contributed by atoms with Crippen molar-refractivity contribution in [1.82, 2.24) is 9.82 Å². The molecule has 11 heteroatoms. The summed E-state index contributed by atoms with van der Waals surface area (Å²) in [5.74, 6) is -0.702. The summed E-state index contributed by atoms with van der Waals surface area (Å²) in [4.78, 5) is 25.6. The number of hydrazone groups is 1. The lowest BCUT2D eigenvalue weighted by Crippen LogP contribution is -2.18. The van der Waals surface area contributed by atoms with Crippen molar-refractivity contribution in [1.29, 1.82) is 0 Å². The molecule has 0 aliphatic heterocycles. The first-order valence-electron chi connectivity index (χ1n) is 6.78. The number of aromatic nitrogens is 1. The summed E-state index contributed by atoms with van der Waals surface area (Å²) in [5.41, 5.74) is 0.367. The number of sulfonamides is 1. The van der Waals surface area contributed by atoms with Crippen molar-refractivity contribution < 1.29 is 17.8 Å². The van der Waals surface area contributed by atoms with Crippen LogP contribution in [0.15, 0.2) is 61.7 Å². The van der Waals surface area contributed by atoms with Crippen molar-refractivity contribution in [2.75, 3.05) is 0 Å². The zero-order valence-electron chi connectivity index (χ0n) is 12.4. The minimum absolute atomic E-state index is 0.0792. The molecule has 0 amide bonds. The Hall–Kier alpha value is -3.47. The van der Waals surface area contributed by atoms with E-state index in [0.29, 0.717) is 5.52 Å². The Labute approximate surface area is 140 Å². The molecule has 2 N–H and O–H groups in total. The van der Waals surface area contributed by atoms with Crippen LogP contribution in [0, 0.1) is 10.1 Å². The molecule has 0 saturated carbocycles. The molecule has 0 atom stereocenters. The van der Waals surface area contributed by atoms with Crippen LogP contribution in [0.4, 0.5) is 5.69 Å². The van der Waals surface area contributed by atoms with Gasteiger partial charge in [-0.25, -0.2) is 9.63 Å². The quantitative estimate of drug-likeness (QED) is 0.397. The van der Waals surface area contributed by atoms with Crippen LogP contribution >= 0.6 is 0 Å². The molecule has 3 aromatic rings. The number of hydrogen-bond donors (Lipinski definition) is 2. The Kier molecular flexibility index (Phi) is 4.07.